The van der Waals surface area contributed by atoms with E-state index in [4.69, 9.17) is 9.47 Å². The molecule has 2 aromatic carbocycles. The van der Waals surface area contributed by atoms with E-state index in [-0.39, 0.29) is 0 Å². The van der Waals surface area contributed by atoms with Gasteiger partial charge in [0.15, 0.2) is 0 Å². The lowest BCUT2D eigenvalue weighted by molar-refractivity contribution is 0.305. The summed E-state index contributed by atoms with van der Waals surface area (Å²) < 4.78 is 12.1. The second-order valence-electron chi connectivity index (χ2n) is 4.60. The van der Waals surface area contributed by atoms with Crippen LogP contribution in [-0.4, -0.2) is 12.1 Å². The highest BCUT2D eigenvalue weighted by Gasteiger charge is 2.04. The average molecular weight is 344 g/mol. The summed E-state index contributed by atoms with van der Waals surface area (Å²) in [5.74, 6) is 1.62. The maximum Gasteiger partial charge on any atom is 0.122 e. The van der Waals surface area contributed by atoms with E-state index >= 15 is 0 Å². The first kappa shape index (κ1) is 13.9. The number of benzene rings is 2. The molecule has 0 saturated heterocycles. The molecule has 0 saturated carbocycles. The number of nitrogens with zero attached hydrogens (tertiary/aromatic N) is 1. The minimum atomic E-state index is 0.468. The quantitative estimate of drug-likeness (QED) is 0.694. The van der Waals surface area contributed by atoms with Crippen LogP contribution in [0.15, 0.2) is 59.2 Å². The molecule has 1 heterocycles. The summed E-state index contributed by atoms with van der Waals surface area (Å²) in [7, 11) is 1.66. The Morgan fingerprint density at radius 3 is 2.76 bits per heavy atom. The number of rotatable bonds is 4. The fourth-order valence-corrected chi connectivity index (χ4v) is 2.45. The summed E-state index contributed by atoms with van der Waals surface area (Å²) in [5, 5.41) is 1.10. The molecule has 106 valence electrons. The zero-order chi connectivity index (χ0) is 14.7. The summed E-state index contributed by atoms with van der Waals surface area (Å²) in [6.07, 6.45) is 1.78. The van der Waals surface area contributed by atoms with Gasteiger partial charge in [-0.15, -0.1) is 0 Å². The SMILES string of the molecule is COc1ccc(Br)c(COc2ccc3cccnc3c2)c1. The minimum Gasteiger partial charge on any atom is -0.497 e. The first-order valence-electron chi connectivity index (χ1n) is 6.56. The van der Waals surface area contributed by atoms with E-state index in [9.17, 15) is 0 Å². The zero-order valence-corrected chi connectivity index (χ0v) is 13.1. The van der Waals surface area contributed by atoms with Crippen molar-refractivity contribution in [3.05, 3.63) is 64.8 Å². The van der Waals surface area contributed by atoms with Crippen molar-refractivity contribution in [2.45, 2.75) is 6.61 Å². The number of ether oxygens (including phenoxy) is 2. The third kappa shape index (κ3) is 3.16. The Kier molecular flexibility index (Phi) is 4.06. The molecule has 0 aliphatic heterocycles. The van der Waals surface area contributed by atoms with Crippen molar-refractivity contribution in [2.75, 3.05) is 7.11 Å². The van der Waals surface area contributed by atoms with Crippen molar-refractivity contribution in [3.63, 3.8) is 0 Å². The average Bonchev–Trinajstić information content (AvgIpc) is 2.54. The monoisotopic (exact) mass is 343 g/mol. The molecule has 0 radical (unpaired) electrons. The molecule has 0 spiro atoms. The molecule has 0 unspecified atom stereocenters. The molecule has 0 aliphatic rings. The number of fused-ring (bicyclic) bond motifs is 1. The van der Waals surface area contributed by atoms with Crippen molar-refractivity contribution >= 4 is 26.8 Å². The fraction of sp³-hybridized carbons (Fsp3) is 0.118. The maximum absolute atomic E-state index is 5.85. The lowest BCUT2D eigenvalue weighted by atomic mass is 10.2. The topological polar surface area (TPSA) is 31.4 Å². The molecule has 3 nitrogen and oxygen atoms in total. The largest absolute Gasteiger partial charge is 0.497 e. The van der Waals surface area contributed by atoms with Gasteiger partial charge in [-0.25, -0.2) is 0 Å². The second-order valence-corrected chi connectivity index (χ2v) is 5.46. The smallest absolute Gasteiger partial charge is 0.122 e. The number of pyridine rings is 1. The van der Waals surface area contributed by atoms with E-state index < -0.39 is 0 Å². The highest BCUT2D eigenvalue weighted by Crippen LogP contribution is 2.25. The number of hydrogen-bond acceptors (Lipinski definition) is 3. The van der Waals surface area contributed by atoms with Crippen LogP contribution in [0.1, 0.15) is 5.56 Å². The van der Waals surface area contributed by atoms with Gasteiger partial charge in [-0.2, -0.15) is 0 Å². The first-order chi connectivity index (χ1) is 10.3. The molecule has 21 heavy (non-hydrogen) atoms. The van der Waals surface area contributed by atoms with Crippen molar-refractivity contribution < 1.29 is 9.47 Å². The van der Waals surface area contributed by atoms with Crippen molar-refractivity contribution in [1.29, 1.82) is 0 Å². The highest BCUT2D eigenvalue weighted by atomic mass is 79.9. The van der Waals surface area contributed by atoms with Gasteiger partial charge in [-0.1, -0.05) is 22.0 Å². The molecule has 0 aliphatic carbocycles. The predicted molar refractivity (Wildman–Crippen MR) is 86.8 cm³/mol. The van der Waals surface area contributed by atoms with Gasteiger partial charge in [0, 0.05) is 27.7 Å². The lowest BCUT2D eigenvalue weighted by Crippen LogP contribution is -1.97. The van der Waals surface area contributed by atoms with Gasteiger partial charge < -0.3 is 9.47 Å². The van der Waals surface area contributed by atoms with Crippen LogP contribution in [-0.2, 0) is 6.61 Å². The Labute approximate surface area is 131 Å². The van der Waals surface area contributed by atoms with E-state index in [0.717, 1.165) is 32.4 Å². The van der Waals surface area contributed by atoms with Crippen LogP contribution in [0.5, 0.6) is 11.5 Å². The summed E-state index contributed by atoms with van der Waals surface area (Å²) in [4.78, 5) is 4.33. The zero-order valence-electron chi connectivity index (χ0n) is 11.5. The molecule has 0 bridgehead atoms. The van der Waals surface area contributed by atoms with Gasteiger partial charge in [0.25, 0.3) is 0 Å². The van der Waals surface area contributed by atoms with Gasteiger partial charge in [0.1, 0.15) is 18.1 Å². The van der Waals surface area contributed by atoms with Gasteiger partial charge in [0.2, 0.25) is 0 Å². The van der Waals surface area contributed by atoms with Crippen LogP contribution < -0.4 is 9.47 Å². The second kappa shape index (κ2) is 6.14. The molecule has 0 fully saturated rings. The van der Waals surface area contributed by atoms with Crippen molar-refractivity contribution in [3.8, 4) is 11.5 Å². The standard InChI is InChI=1S/C17H14BrNO2/c1-20-14-6-7-16(18)13(9-14)11-21-15-5-4-12-3-2-8-19-17(12)10-15/h2-10H,11H2,1H3. The van der Waals surface area contributed by atoms with Crippen LogP contribution >= 0.6 is 15.9 Å². The third-order valence-electron chi connectivity index (χ3n) is 3.22. The molecule has 3 rings (SSSR count). The molecule has 0 N–H and O–H groups in total. The van der Waals surface area contributed by atoms with Crippen LogP contribution in [0, 0.1) is 0 Å². The Morgan fingerprint density at radius 1 is 1.05 bits per heavy atom. The van der Waals surface area contributed by atoms with Crippen LogP contribution in [0.2, 0.25) is 0 Å². The number of halogens is 1. The summed E-state index contributed by atoms with van der Waals surface area (Å²) >= 11 is 3.53. The number of aromatic nitrogens is 1. The van der Waals surface area contributed by atoms with Gasteiger partial charge in [-0.3, -0.25) is 4.98 Å². The summed E-state index contributed by atoms with van der Waals surface area (Å²) in [6.45, 7) is 0.468. The molecule has 0 amide bonds. The Hall–Kier alpha value is -2.07. The minimum absolute atomic E-state index is 0.468. The van der Waals surface area contributed by atoms with E-state index in [2.05, 4.69) is 20.9 Å². The van der Waals surface area contributed by atoms with E-state index in [1.807, 2.05) is 48.5 Å². The number of methoxy groups -OCH3 is 1. The Morgan fingerprint density at radius 2 is 1.90 bits per heavy atom. The molecule has 0 atom stereocenters. The third-order valence-corrected chi connectivity index (χ3v) is 4.00. The van der Waals surface area contributed by atoms with E-state index in [0.29, 0.717) is 6.61 Å². The number of hydrogen-bond donors (Lipinski definition) is 0. The molecular weight excluding hydrogens is 330 g/mol. The van der Waals surface area contributed by atoms with Crippen LogP contribution in [0.4, 0.5) is 0 Å². The van der Waals surface area contributed by atoms with Gasteiger partial charge >= 0.3 is 0 Å². The molecule has 1 aromatic heterocycles. The van der Waals surface area contributed by atoms with Crippen molar-refractivity contribution in [2.24, 2.45) is 0 Å². The van der Waals surface area contributed by atoms with Crippen LogP contribution in [0.25, 0.3) is 10.9 Å². The maximum atomic E-state index is 5.85. The molecule has 3 aromatic rings. The van der Waals surface area contributed by atoms with E-state index in [1.54, 1.807) is 13.3 Å². The Balaban J connectivity index is 1.80. The van der Waals surface area contributed by atoms with E-state index in [1.165, 1.54) is 0 Å². The molecule has 4 heteroatoms. The van der Waals surface area contributed by atoms with Gasteiger partial charge in [-0.05, 0) is 36.4 Å². The lowest BCUT2D eigenvalue weighted by Gasteiger charge is -2.10. The summed E-state index contributed by atoms with van der Waals surface area (Å²) in [6, 6.07) is 15.7. The summed E-state index contributed by atoms with van der Waals surface area (Å²) in [5.41, 5.74) is 1.97. The molecular formula is C17H14BrNO2. The highest BCUT2D eigenvalue weighted by molar-refractivity contribution is 9.10. The van der Waals surface area contributed by atoms with Crippen molar-refractivity contribution in [1.82, 2.24) is 4.98 Å². The predicted octanol–water partition coefficient (Wildman–Crippen LogP) is 4.58. The first-order valence-corrected chi connectivity index (χ1v) is 7.35. The van der Waals surface area contributed by atoms with Gasteiger partial charge in [0.05, 0.1) is 12.6 Å². The van der Waals surface area contributed by atoms with Crippen LogP contribution in [0.3, 0.4) is 0 Å². The fourth-order valence-electron chi connectivity index (χ4n) is 2.09. The Bertz CT molecular complexity index is 774. The normalized spacial score (nSPS) is 10.6.